The van der Waals surface area contributed by atoms with Gasteiger partial charge >= 0.3 is 0 Å². The average Bonchev–Trinajstić information content (AvgIpc) is 3.32. The summed E-state index contributed by atoms with van der Waals surface area (Å²) in [5, 5.41) is 13.1. The summed E-state index contributed by atoms with van der Waals surface area (Å²) in [6, 6.07) is 13.3. The van der Waals surface area contributed by atoms with Gasteiger partial charge in [0.25, 0.3) is 0 Å². The predicted octanol–water partition coefficient (Wildman–Crippen LogP) is 6.30. The molecule has 1 saturated heterocycles. The molecule has 4 nitrogen and oxygen atoms in total. The molecule has 2 unspecified atom stereocenters. The van der Waals surface area contributed by atoms with Crippen molar-refractivity contribution in [2.45, 2.75) is 57.8 Å². The van der Waals surface area contributed by atoms with Crippen molar-refractivity contribution in [1.29, 1.82) is 0 Å². The van der Waals surface area contributed by atoms with E-state index in [2.05, 4.69) is 11.4 Å². The molecular formula is C28H34N2O2. The number of hydrogen-bond donors (Lipinski definition) is 2. The van der Waals surface area contributed by atoms with Crippen LogP contribution in [-0.4, -0.2) is 29.7 Å². The zero-order chi connectivity index (χ0) is 21.9. The van der Waals surface area contributed by atoms with Gasteiger partial charge in [-0.25, -0.2) is 0 Å². The van der Waals surface area contributed by atoms with E-state index in [1.54, 1.807) is 12.1 Å². The molecule has 2 fully saturated rings. The van der Waals surface area contributed by atoms with Crippen LogP contribution in [0.15, 0.2) is 47.5 Å². The monoisotopic (exact) mass is 430 g/mol. The van der Waals surface area contributed by atoms with Crippen molar-refractivity contribution in [3.63, 3.8) is 0 Å². The summed E-state index contributed by atoms with van der Waals surface area (Å²) in [5.74, 6) is 2.03. The second-order valence-corrected chi connectivity index (χ2v) is 9.91. The van der Waals surface area contributed by atoms with E-state index in [4.69, 9.17) is 4.99 Å². The Bertz CT molecular complexity index is 983. The molecule has 2 aromatic rings. The highest BCUT2D eigenvalue weighted by atomic mass is 16.3. The van der Waals surface area contributed by atoms with Gasteiger partial charge in [0.1, 0.15) is 5.75 Å². The van der Waals surface area contributed by atoms with Crippen LogP contribution in [0.3, 0.4) is 0 Å². The van der Waals surface area contributed by atoms with Crippen molar-refractivity contribution in [2.24, 2.45) is 22.7 Å². The van der Waals surface area contributed by atoms with Crippen molar-refractivity contribution in [1.82, 2.24) is 5.32 Å². The third kappa shape index (κ3) is 4.66. The standard InChI is InChI=1S/C28H34N2O2/c31-24-12-9-20(10-13-24)22-11-14-26-25(16-22)27(32)17-23(8-7-19-4-3-15-29-18-19)28(30-26)21-5-1-2-6-21/h9-14,16,19,21,23,29,31H,1-8,15,17-18H2. The summed E-state index contributed by atoms with van der Waals surface area (Å²) in [6.07, 6.45) is 10.4. The molecule has 0 spiro atoms. The molecule has 0 aromatic heterocycles. The Balaban J connectivity index is 1.43. The Kier molecular flexibility index (Phi) is 6.40. The van der Waals surface area contributed by atoms with Gasteiger partial charge in [-0.05, 0) is 98.8 Å². The third-order valence-electron chi connectivity index (χ3n) is 7.69. The zero-order valence-corrected chi connectivity index (χ0v) is 18.9. The quantitative estimate of drug-likeness (QED) is 0.585. The van der Waals surface area contributed by atoms with Crippen molar-refractivity contribution in [3.05, 3.63) is 48.0 Å². The minimum atomic E-state index is 0.226. The van der Waals surface area contributed by atoms with Gasteiger partial charge in [0.05, 0.1) is 5.69 Å². The number of aliphatic imine (C=N–C) groups is 1. The summed E-state index contributed by atoms with van der Waals surface area (Å²) in [4.78, 5) is 18.6. The van der Waals surface area contributed by atoms with Gasteiger partial charge in [0.15, 0.2) is 5.78 Å². The zero-order valence-electron chi connectivity index (χ0n) is 18.9. The fraction of sp³-hybridized carbons (Fsp3) is 0.500. The van der Waals surface area contributed by atoms with Crippen molar-refractivity contribution in [3.8, 4) is 16.9 Å². The van der Waals surface area contributed by atoms with Crippen LogP contribution in [-0.2, 0) is 0 Å². The van der Waals surface area contributed by atoms with Gasteiger partial charge in [-0.15, -0.1) is 0 Å². The van der Waals surface area contributed by atoms with Gasteiger partial charge < -0.3 is 10.4 Å². The molecule has 2 aromatic carbocycles. The topological polar surface area (TPSA) is 61.7 Å². The molecule has 0 radical (unpaired) electrons. The number of fused-ring (bicyclic) bond motifs is 1. The maximum atomic E-state index is 13.4. The Morgan fingerprint density at radius 2 is 1.72 bits per heavy atom. The molecule has 5 rings (SSSR count). The number of aromatic hydroxyl groups is 1. The number of nitrogens with zero attached hydrogens (tertiary/aromatic N) is 1. The Labute approximate surface area is 191 Å². The van der Waals surface area contributed by atoms with Crippen molar-refractivity contribution < 1.29 is 9.90 Å². The highest BCUT2D eigenvalue weighted by molar-refractivity contribution is 6.08. The molecule has 2 heterocycles. The number of phenols is 1. The molecule has 2 N–H and O–H groups in total. The Morgan fingerprint density at radius 1 is 0.938 bits per heavy atom. The van der Waals surface area contributed by atoms with E-state index in [1.807, 2.05) is 24.3 Å². The van der Waals surface area contributed by atoms with Crippen LogP contribution < -0.4 is 5.32 Å². The lowest BCUT2D eigenvalue weighted by Crippen LogP contribution is -2.31. The van der Waals surface area contributed by atoms with E-state index in [0.717, 1.165) is 47.8 Å². The second-order valence-electron chi connectivity index (χ2n) is 9.91. The average molecular weight is 431 g/mol. The molecule has 32 heavy (non-hydrogen) atoms. The number of carbonyl (C=O) groups is 1. The highest BCUT2D eigenvalue weighted by Crippen LogP contribution is 2.39. The first kappa shape index (κ1) is 21.4. The van der Waals surface area contributed by atoms with Gasteiger partial charge in [0, 0.05) is 23.6 Å². The minimum Gasteiger partial charge on any atom is -0.508 e. The van der Waals surface area contributed by atoms with Crippen LogP contribution in [0.25, 0.3) is 11.1 Å². The lowest BCUT2D eigenvalue weighted by molar-refractivity contribution is 0.0970. The van der Waals surface area contributed by atoms with Gasteiger partial charge in [-0.3, -0.25) is 9.79 Å². The first-order valence-corrected chi connectivity index (χ1v) is 12.4. The Hall–Kier alpha value is -2.46. The molecule has 1 saturated carbocycles. The van der Waals surface area contributed by atoms with E-state index < -0.39 is 0 Å². The van der Waals surface area contributed by atoms with Crippen molar-refractivity contribution >= 4 is 17.2 Å². The summed E-state index contributed by atoms with van der Waals surface area (Å²) < 4.78 is 0. The first-order chi connectivity index (χ1) is 15.7. The first-order valence-electron chi connectivity index (χ1n) is 12.4. The molecule has 0 bridgehead atoms. The van der Waals surface area contributed by atoms with E-state index in [-0.39, 0.29) is 17.5 Å². The highest BCUT2D eigenvalue weighted by Gasteiger charge is 2.32. The van der Waals surface area contributed by atoms with E-state index in [9.17, 15) is 9.90 Å². The molecular weight excluding hydrogens is 396 g/mol. The summed E-state index contributed by atoms with van der Waals surface area (Å²) in [6.45, 7) is 2.26. The van der Waals surface area contributed by atoms with E-state index in [1.165, 1.54) is 50.7 Å². The number of rotatable bonds is 5. The van der Waals surface area contributed by atoms with Gasteiger partial charge in [-0.2, -0.15) is 0 Å². The number of carbonyl (C=O) groups excluding carboxylic acids is 1. The van der Waals surface area contributed by atoms with Crippen LogP contribution in [0.4, 0.5) is 5.69 Å². The van der Waals surface area contributed by atoms with Crippen LogP contribution in [0.1, 0.15) is 68.1 Å². The SMILES string of the molecule is O=C1CC(CCC2CCCNC2)C(C2CCCC2)=Nc2ccc(-c3ccc(O)cc3)cc21. The number of benzene rings is 2. The number of ketones is 1. The van der Waals surface area contributed by atoms with Crippen LogP contribution in [0, 0.1) is 17.8 Å². The lowest BCUT2D eigenvalue weighted by atomic mass is 9.81. The molecule has 1 aliphatic carbocycles. The molecule has 168 valence electrons. The number of hydrogen-bond acceptors (Lipinski definition) is 4. The summed E-state index contributed by atoms with van der Waals surface area (Å²) in [7, 11) is 0. The number of Topliss-reactive ketones (excluding diaryl/α,β-unsaturated/α-hetero) is 1. The predicted molar refractivity (Wildman–Crippen MR) is 130 cm³/mol. The smallest absolute Gasteiger partial charge is 0.165 e. The number of piperidine rings is 1. The molecule has 0 amide bonds. The van der Waals surface area contributed by atoms with Gasteiger partial charge in [0.2, 0.25) is 0 Å². The maximum absolute atomic E-state index is 13.4. The number of nitrogens with one attached hydrogen (secondary N) is 1. The summed E-state index contributed by atoms with van der Waals surface area (Å²) in [5.41, 5.74) is 4.91. The minimum absolute atomic E-state index is 0.226. The fourth-order valence-corrected chi connectivity index (χ4v) is 5.86. The van der Waals surface area contributed by atoms with Gasteiger partial charge in [-0.1, -0.05) is 31.0 Å². The fourth-order valence-electron chi connectivity index (χ4n) is 5.86. The maximum Gasteiger partial charge on any atom is 0.165 e. The molecule has 4 heteroatoms. The van der Waals surface area contributed by atoms with E-state index >= 15 is 0 Å². The van der Waals surface area contributed by atoms with E-state index in [0.29, 0.717) is 12.3 Å². The summed E-state index contributed by atoms with van der Waals surface area (Å²) >= 11 is 0. The normalized spacial score (nSPS) is 24.1. The second kappa shape index (κ2) is 9.58. The third-order valence-corrected chi connectivity index (χ3v) is 7.69. The molecule has 2 atom stereocenters. The Morgan fingerprint density at radius 3 is 2.47 bits per heavy atom. The lowest BCUT2D eigenvalue weighted by Gasteiger charge is -2.26. The van der Waals surface area contributed by atoms with Crippen LogP contribution in [0.2, 0.25) is 0 Å². The largest absolute Gasteiger partial charge is 0.508 e. The van der Waals surface area contributed by atoms with Crippen LogP contribution >= 0.6 is 0 Å². The van der Waals surface area contributed by atoms with Crippen molar-refractivity contribution in [2.75, 3.05) is 13.1 Å². The molecule has 3 aliphatic rings. The molecule has 2 aliphatic heterocycles. The number of phenolic OH excluding ortho intramolecular Hbond substituents is 1. The van der Waals surface area contributed by atoms with Crippen LogP contribution in [0.5, 0.6) is 5.75 Å².